The van der Waals surface area contributed by atoms with Gasteiger partial charge in [-0.3, -0.25) is 9.69 Å². The van der Waals surface area contributed by atoms with Crippen molar-refractivity contribution in [3.8, 4) is 5.75 Å². The quantitative estimate of drug-likeness (QED) is 0.817. The van der Waals surface area contributed by atoms with Crippen LogP contribution in [0.1, 0.15) is 0 Å². The topological polar surface area (TPSA) is 61.8 Å². The fraction of sp³-hybridized carbons (Fsp3) is 0.417. The van der Waals surface area contributed by atoms with Gasteiger partial charge >= 0.3 is 0 Å². The van der Waals surface area contributed by atoms with E-state index in [-0.39, 0.29) is 19.1 Å². The Morgan fingerprint density at radius 2 is 2.28 bits per heavy atom. The Hall–Kier alpha value is -1.30. The highest BCUT2D eigenvalue weighted by molar-refractivity contribution is 6.31. The van der Waals surface area contributed by atoms with Crippen LogP contribution in [0.3, 0.4) is 0 Å². The van der Waals surface area contributed by atoms with Crippen LogP contribution in [0.15, 0.2) is 18.2 Å². The standard InChI is InChI=1S/C12H17ClN2O3/c1-15(5-6-16)8-12(17)14-10-7-9(13)3-4-11(10)18-2/h3-4,7,16H,5-6,8H2,1-2H3,(H,14,17). The Balaban J connectivity index is 2.66. The van der Waals surface area contributed by atoms with Crippen LogP contribution in [0.2, 0.25) is 5.02 Å². The van der Waals surface area contributed by atoms with Gasteiger partial charge in [-0.1, -0.05) is 11.6 Å². The number of carbonyl (C=O) groups excluding carboxylic acids is 1. The van der Waals surface area contributed by atoms with Crippen molar-refractivity contribution in [1.82, 2.24) is 4.90 Å². The molecule has 18 heavy (non-hydrogen) atoms. The minimum absolute atomic E-state index is 0.0181. The molecule has 0 saturated carbocycles. The highest BCUT2D eigenvalue weighted by atomic mass is 35.5. The number of hydrogen-bond acceptors (Lipinski definition) is 4. The highest BCUT2D eigenvalue weighted by Crippen LogP contribution is 2.27. The summed E-state index contributed by atoms with van der Waals surface area (Å²) in [5.41, 5.74) is 0.535. The third-order valence-electron chi connectivity index (χ3n) is 2.33. The number of nitrogens with one attached hydrogen (secondary N) is 1. The summed E-state index contributed by atoms with van der Waals surface area (Å²) < 4.78 is 5.13. The van der Waals surface area contributed by atoms with Gasteiger partial charge in [-0.2, -0.15) is 0 Å². The minimum Gasteiger partial charge on any atom is -0.495 e. The van der Waals surface area contributed by atoms with E-state index in [4.69, 9.17) is 21.4 Å². The number of amides is 1. The third kappa shape index (κ3) is 4.52. The van der Waals surface area contributed by atoms with E-state index in [9.17, 15) is 4.79 Å². The van der Waals surface area contributed by atoms with Crippen LogP contribution in [0.5, 0.6) is 5.75 Å². The number of anilines is 1. The summed E-state index contributed by atoms with van der Waals surface area (Å²) >= 11 is 5.86. The SMILES string of the molecule is COc1ccc(Cl)cc1NC(=O)CN(C)CCO. The number of rotatable bonds is 6. The van der Waals surface area contributed by atoms with Crippen molar-refractivity contribution in [2.75, 3.05) is 39.2 Å². The average molecular weight is 273 g/mol. The van der Waals surface area contributed by atoms with Crippen molar-refractivity contribution < 1.29 is 14.6 Å². The van der Waals surface area contributed by atoms with Crippen molar-refractivity contribution in [1.29, 1.82) is 0 Å². The molecule has 0 saturated heterocycles. The summed E-state index contributed by atoms with van der Waals surface area (Å²) in [6.07, 6.45) is 0. The summed E-state index contributed by atoms with van der Waals surface area (Å²) in [5, 5.41) is 12.0. The predicted octanol–water partition coefficient (Wildman–Crippen LogP) is 1.21. The molecule has 0 aliphatic rings. The van der Waals surface area contributed by atoms with Crippen molar-refractivity contribution in [3.63, 3.8) is 0 Å². The molecule has 1 aromatic rings. The van der Waals surface area contributed by atoms with Crippen LogP contribution in [-0.2, 0) is 4.79 Å². The van der Waals surface area contributed by atoms with E-state index >= 15 is 0 Å². The number of nitrogens with zero attached hydrogens (tertiary/aromatic N) is 1. The first-order valence-corrected chi connectivity index (χ1v) is 5.87. The van der Waals surface area contributed by atoms with Crippen LogP contribution in [0.25, 0.3) is 0 Å². The maximum atomic E-state index is 11.7. The molecular formula is C12H17ClN2O3. The Morgan fingerprint density at radius 1 is 1.56 bits per heavy atom. The molecule has 1 rings (SSSR count). The van der Waals surface area contributed by atoms with Gasteiger partial charge in [0.25, 0.3) is 0 Å². The molecule has 0 aromatic heterocycles. The van der Waals surface area contributed by atoms with E-state index in [1.807, 2.05) is 0 Å². The van der Waals surface area contributed by atoms with Crippen molar-refractivity contribution >= 4 is 23.2 Å². The molecule has 0 bridgehead atoms. The number of hydrogen-bond donors (Lipinski definition) is 2. The maximum absolute atomic E-state index is 11.7. The van der Waals surface area contributed by atoms with Crippen molar-refractivity contribution in [2.24, 2.45) is 0 Å². The molecule has 0 aliphatic heterocycles. The molecule has 6 heteroatoms. The molecule has 5 nitrogen and oxygen atoms in total. The molecule has 0 radical (unpaired) electrons. The zero-order valence-electron chi connectivity index (χ0n) is 10.4. The minimum atomic E-state index is -0.188. The zero-order chi connectivity index (χ0) is 13.5. The Kier molecular flexibility index (Phi) is 5.91. The molecule has 1 aromatic carbocycles. The van der Waals surface area contributed by atoms with Crippen LogP contribution in [0, 0.1) is 0 Å². The lowest BCUT2D eigenvalue weighted by molar-refractivity contribution is -0.117. The lowest BCUT2D eigenvalue weighted by Gasteiger charge is -2.15. The van der Waals surface area contributed by atoms with Crippen molar-refractivity contribution in [2.45, 2.75) is 0 Å². The van der Waals surface area contributed by atoms with E-state index in [1.54, 1.807) is 30.1 Å². The largest absolute Gasteiger partial charge is 0.495 e. The van der Waals surface area contributed by atoms with Gasteiger partial charge in [0.2, 0.25) is 5.91 Å². The van der Waals surface area contributed by atoms with Gasteiger partial charge in [-0.25, -0.2) is 0 Å². The van der Waals surface area contributed by atoms with E-state index < -0.39 is 0 Å². The normalized spacial score (nSPS) is 10.5. The number of likely N-dealkylation sites (N-methyl/N-ethyl adjacent to an activating group) is 1. The van der Waals surface area contributed by atoms with E-state index in [0.717, 1.165) is 0 Å². The summed E-state index contributed by atoms with van der Waals surface area (Å²) in [4.78, 5) is 13.5. The second-order valence-electron chi connectivity index (χ2n) is 3.85. The van der Waals surface area contributed by atoms with Gasteiger partial charge in [-0.15, -0.1) is 0 Å². The summed E-state index contributed by atoms with van der Waals surface area (Å²) in [5.74, 6) is 0.365. The number of aliphatic hydroxyl groups excluding tert-OH is 1. The average Bonchev–Trinajstić information content (AvgIpc) is 2.29. The monoisotopic (exact) mass is 272 g/mol. The number of carbonyl (C=O) groups is 1. The molecule has 0 spiro atoms. The smallest absolute Gasteiger partial charge is 0.238 e. The summed E-state index contributed by atoms with van der Waals surface area (Å²) in [6, 6.07) is 5.01. The first kappa shape index (κ1) is 14.8. The van der Waals surface area contributed by atoms with Gasteiger partial charge in [0.15, 0.2) is 0 Å². The summed E-state index contributed by atoms with van der Waals surface area (Å²) in [6.45, 7) is 0.653. The third-order valence-corrected chi connectivity index (χ3v) is 2.57. The number of methoxy groups -OCH3 is 1. The summed E-state index contributed by atoms with van der Waals surface area (Å²) in [7, 11) is 3.28. The first-order chi connectivity index (χ1) is 8.56. The van der Waals surface area contributed by atoms with Crippen LogP contribution < -0.4 is 10.1 Å². The fourth-order valence-corrected chi connectivity index (χ4v) is 1.63. The molecule has 0 atom stereocenters. The van der Waals surface area contributed by atoms with Gasteiger partial charge in [-0.05, 0) is 25.2 Å². The molecule has 0 unspecified atom stereocenters. The zero-order valence-corrected chi connectivity index (χ0v) is 11.2. The van der Waals surface area contributed by atoms with Crippen LogP contribution in [0.4, 0.5) is 5.69 Å². The molecule has 2 N–H and O–H groups in total. The highest BCUT2D eigenvalue weighted by Gasteiger charge is 2.10. The van der Waals surface area contributed by atoms with E-state index in [1.165, 1.54) is 7.11 Å². The number of ether oxygens (including phenoxy) is 1. The Morgan fingerprint density at radius 3 is 2.89 bits per heavy atom. The predicted molar refractivity (Wildman–Crippen MR) is 71.2 cm³/mol. The van der Waals surface area contributed by atoms with Gasteiger partial charge in [0.1, 0.15) is 5.75 Å². The van der Waals surface area contributed by atoms with E-state index in [0.29, 0.717) is 23.0 Å². The molecule has 0 aliphatic carbocycles. The lowest BCUT2D eigenvalue weighted by Crippen LogP contribution is -2.32. The molecule has 0 heterocycles. The van der Waals surface area contributed by atoms with Crippen molar-refractivity contribution in [3.05, 3.63) is 23.2 Å². The molecule has 100 valence electrons. The van der Waals surface area contributed by atoms with E-state index in [2.05, 4.69) is 5.32 Å². The van der Waals surface area contributed by atoms with Gasteiger partial charge < -0.3 is 15.2 Å². The van der Waals surface area contributed by atoms with Gasteiger partial charge in [0, 0.05) is 11.6 Å². The fourth-order valence-electron chi connectivity index (χ4n) is 1.46. The van der Waals surface area contributed by atoms with Crippen LogP contribution >= 0.6 is 11.6 Å². The number of benzene rings is 1. The molecular weight excluding hydrogens is 256 g/mol. The Labute approximate surface area is 111 Å². The Bertz CT molecular complexity index is 412. The maximum Gasteiger partial charge on any atom is 0.238 e. The second kappa shape index (κ2) is 7.20. The lowest BCUT2D eigenvalue weighted by atomic mass is 10.3. The first-order valence-electron chi connectivity index (χ1n) is 5.49. The number of halogens is 1. The molecule has 0 fully saturated rings. The number of aliphatic hydroxyl groups is 1. The van der Waals surface area contributed by atoms with Gasteiger partial charge in [0.05, 0.1) is 25.9 Å². The second-order valence-corrected chi connectivity index (χ2v) is 4.29. The van der Waals surface area contributed by atoms with Crippen LogP contribution in [-0.4, -0.2) is 49.8 Å². The molecule has 1 amide bonds.